The second-order valence-electron chi connectivity index (χ2n) is 7.82. The Bertz CT molecular complexity index is 1510. The Balaban J connectivity index is 1.65. The van der Waals surface area contributed by atoms with Crippen LogP contribution in [0.4, 0.5) is 0 Å². The van der Waals surface area contributed by atoms with Gasteiger partial charge in [0.05, 0.1) is 0 Å². The molecule has 0 saturated carbocycles. The second-order valence-corrected chi connectivity index (χ2v) is 12.0. The minimum absolute atomic E-state index is 0.152. The summed E-state index contributed by atoms with van der Waals surface area (Å²) in [5.74, 6) is 0.847. The molecule has 0 spiro atoms. The van der Waals surface area contributed by atoms with E-state index in [1.807, 2.05) is 78.9 Å². The molecular weight excluding hydrogens is 487 g/mol. The van der Waals surface area contributed by atoms with Gasteiger partial charge in [-0.2, -0.15) is 0 Å². The van der Waals surface area contributed by atoms with Gasteiger partial charge < -0.3 is 0 Å². The quantitative estimate of drug-likeness (QED) is 0.331. The fourth-order valence-corrected chi connectivity index (χ4v) is 8.48. The zero-order chi connectivity index (χ0) is 23.3. The van der Waals surface area contributed by atoms with Gasteiger partial charge in [0.2, 0.25) is 0 Å². The SMILES string of the molecule is O=c1[nH]c(/C=C(\C[Se](c2ccccc2)c2ccccc2O)c2ccccc2)nc2ccccc12. The monoisotopic (exact) mass is 511 g/mol. The number of aromatic hydroxyl groups is 1. The average Bonchev–Trinajstić information content (AvgIpc) is 2.88. The van der Waals surface area contributed by atoms with E-state index >= 15 is 0 Å². The van der Waals surface area contributed by atoms with E-state index in [9.17, 15) is 9.90 Å². The van der Waals surface area contributed by atoms with Gasteiger partial charge in [-0.3, -0.25) is 0 Å². The number of hydrogen-bond donors (Lipinski definition) is 2. The van der Waals surface area contributed by atoms with Crippen LogP contribution in [0, 0.1) is 0 Å². The van der Waals surface area contributed by atoms with Crippen LogP contribution in [-0.2, 0) is 0 Å². The standard InChI is InChI=1S/C29H23N2O2Se/c32-26-17-9-10-18-27(26)34(23-13-5-2-6-14-23)20-22(21-11-3-1-4-12-21)19-28-30-25-16-8-7-15-24(25)29(33)31-28/h1-19,32H,20H2,(H,30,31,33)/b22-19+. The first-order valence-corrected chi connectivity index (χ1v) is 13.9. The summed E-state index contributed by atoms with van der Waals surface area (Å²) in [7, 11) is 0. The molecular formula is C29H23N2O2Se. The van der Waals surface area contributed by atoms with E-state index in [1.165, 1.54) is 4.46 Å². The Labute approximate surface area is 202 Å². The molecule has 5 aromatic rings. The summed E-state index contributed by atoms with van der Waals surface area (Å²) in [5.41, 5.74) is 2.65. The first-order valence-electron chi connectivity index (χ1n) is 11.0. The van der Waals surface area contributed by atoms with Crippen LogP contribution >= 0.6 is 0 Å². The molecule has 0 fully saturated rings. The number of aromatic amines is 1. The summed E-state index contributed by atoms with van der Waals surface area (Å²) >= 11 is -1.68. The Morgan fingerprint density at radius 2 is 1.47 bits per heavy atom. The molecule has 0 aliphatic carbocycles. The number of nitrogens with zero attached hydrogens (tertiary/aromatic N) is 1. The van der Waals surface area contributed by atoms with Gasteiger partial charge in [-0.25, -0.2) is 0 Å². The van der Waals surface area contributed by atoms with E-state index < -0.39 is 13.9 Å². The van der Waals surface area contributed by atoms with Gasteiger partial charge in [-0.05, 0) is 0 Å². The molecule has 0 bridgehead atoms. The number of nitrogens with one attached hydrogen (secondary N) is 1. The van der Waals surface area contributed by atoms with Gasteiger partial charge in [-0.15, -0.1) is 0 Å². The molecule has 2 N–H and O–H groups in total. The van der Waals surface area contributed by atoms with Crippen LogP contribution in [0.25, 0.3) is 22.6 Å². The number of aromatic nitrogens is 2. The molecule has 1 heterocycles. The molecule has 0 aliphatic heterocycles. The Hall–Kier alpha value is -3.92. The summed E-state index contributed by atoms with van der Waals surface area (Å²) in [6.45, 7) is 0. The van der Waals surface area contributed by atoms with E-state index in [0.29, 0.717) is 22.5 Å². The van der Waals surface area contributed by atoms with Crippen molar-refractivity contribution in [1.29, 1.82) is 0 Å². The second kappa shape index (κ2) is 9.92. The molecule has 4 aromatic carbocycles. The molecule has 0 unspecified atom stereocenters. The normalized spacial score (nSPS) is 11.7. The van der Waals surface area contributed by atoms with Crippen molar-refractivity contribution >= 4 is 45.4 Å². The van der Waals surface area contributed by atoms with E-state index in [0.717, 1.165) is 20.9 Å². The molecule has 0 saturated heterocycles. The first-order chi connectivity index (χ1) is 16.7. The van der Waals surface area contributed by atoms with Gasteiger partial charge in [0.15, 0.2) is 0 Å². The van der Waals surface area contributed by atoms with E-state index in [4.69, 9.17) is 4.98 Å². The molecule has 0 amide bonds. The van der Waals surface area contributed by atoms with Crippen LogP contribution < -0.4 is 14.5 Å². The van der Waals surface area contributed by atoms with Crippen LogP contribution in [0.1, 0.15) is 11.4 Å². The zero-order valence-electron chi connectivity index (χ0n) is 18.4. The van der Waals surface area contributed by atoms with Crippen molar-refractivity contribution in [2.24, 2.45) is 0 Å². The van der Waals surface area contributed by atoms with Crippen LogP contribution in [0.15, 0.2) is 114 Å². The van der Waals surface area contributed by atoms with Gasteiger partial charge in [0.25, 0.3) is 0 Å². The third kappa shape index (κ3) is 4.72. The van der Waals surface area contributed by atoms with Crippen molar-refractivity contribution in [3.63, 3.8) is 0 Å². The third-order valence-corrected chi connectivity index (χ3v) is 10.4. The Kier molecular flexibility index (Phi) is 6.39. The van der Waals surface area contributed by atoms with Crippen LogP contribution in [0.2, 0.25) is 5.32 Å². The molecule has 5 heteroatoms. The van der Waals surface area contributed by atoms with Crippen LogP contribution in [-0.4, -0.2) is 29.0 Å². The summed E-state index contributed by atoms with van der Waals surface area (Å²) in [4.78, 5) is 20.3. The fourth-order valence-electron chi connectivity index (χ4n) is 3.89. The molecule has 0 atom stereocenters. The number of hydrogen-bond acceptors (Lipinski definition) is 3. The molecule has 167 valence electrons. The molecule has 0 aliphatic rings. The van der Waals surface area contributed by atoms with Crippen molar-refractivity contribution < 1.29 is 5.11 Å². The summed E-state index contributed by atoms with van der Waals surface area (Å²) in [5, 5.41) is 12.0. The number of phenolic OH excluding ortho intramolecular Hbond substituents is 1. The summed E-state index contributed by atoms with van der Waals surface area (Å²) in [6.07, 6.45) is 1.97. The molecule has 1 aromatic heterocycles. The van der Waals surface area contributed by atoms with E-state index in [-0.39, 0.29) is 5.56 Å². The maximum atomic E-state index is 12.7. The van der Waals surface area contributed by atoms with Gasteiger partial charge in [-0.1, -0.05) is 0 Å². The number of H-pyrrole nitrogens is 1. The van der Waals surface area contributed by atoms with Crippen molar-refractivity contribution in [2.75, 3.05) is 0 Å². The summed E-state index contributed by atoms with van der Waals surface area (Å²) < 4.78 is 2.21. The summed E-state index contributed by atoms with van der Waals surface area (Å²) in [6, 6.07) is 35.5. The van der Waals surface area contributed by atoms with Gasteiger partial charge in [0, 0.05) is 0 Å². The topological polar surface area (TPSA) is 66.0 Å². The number of rotatable bonds is 6. The zero-order valence-corrected chi connectivity index (χ0v) is 20.1. The predicted octanol–water partition coefficient (Wildman–Crippen LogP) is 4.48. The molecule has 1 radical (unpaired) electrons. The molecule has 4 nitrogen and oxygen atoms in total. The van der Waals surface area contributed by atoms with Gasteiger partial charge in [0.1, 0.15) is 0 Å². The number of allylic oxidation sites excluding steroid dienone is 1. The van der Waals surface area contributed by atoms with Crippen molar-refractivity contribution in [2.45, 2.75) is 5.32 Å². The molecule has 34 heavy (non-hydrogen) atoms. The number of fused-ring (bicyclic) bond motifs is 1. The van der Waals surface area contributed by atoms with Crippen molar-refractivity contribution in [3.05, 3.63) is 131 Å². The Morgan fingerprint density at radius 3 is 2.24 bits per heavy atom. The fraction of sp³-hybridized carbons (Fsp3) is 0.0345. The first kappa shape index (κ1) is 21.9. The number of benzene rings is 4. The van der Waals surface area contributed by atoms with E-state index in [1.54, 1.807) is 12.1 Å². The van der Waals surface area contributed by atoms with Crippen molar-refractivity contribution in [3.8, 4) is 5.75 Å². The predicted molar refractivity (Wildman–Crippen MR) is 141 cm³/mol. The third-order valence-electron chi connectivity index (χ3n) is 5.54. The maximum absolute atomic E-state index is 12.7. The average molecular weight is 510 g/mol. The minimum atomic E-state index is -1.68. The van der Waals surface area contributed by atoms with Gasteiger partial charge >= 0.3 is 202 Å². The number of phenols is 1. The van der Waals surface area contributed by atoms with Crippen LogP contribution in [0.3, 0.4) is 0 Å². The van der Waals surface area contributed by atoms with Crippen LogP contribution in [0.5, 0.6) is 5.75 Å². The van der Waals surface area contributed by atoms with Crippen molar-refractivity contribution in [1.82, 2.24) is 9.97 Å². The van der Waals surface area contributed by atoms with E-state index in [2.05, 4.69) is 29.2 Å². The Morgan fingerprint density at radius 1 is 0.824 bits per heavy atom. The molecule has 5 rings (SSSR count). The number of para-hydroxylation sites is 2.